The molecule has 1 atom stereocenters. The van der Waals surface area contributed by atoms with Crippen LogP contribution >= 0.6 is 0 Å². The Hall–Kier alpha value is -1.92. The van der Waals surface area contributed by atoms with Gasteiger partial charge in [-0.3, -0.25) is 4.79 Å². The van der Waals surface area contributed by atoms with Gasteiger partial charge in [-0.05, 0) is 11.6 Å². The standard InChI is InChI=1S/C15H19NO5/c1-20-15(6-7-21-10-15)9-16-13(17)8-11-4-2-3-5-12(11)14(18)19/h2-5H,6-10H2,1H3,(H,16,17)(H,18,19). The quantitative estimate of drug-likeness (QED) is 0.812. The number of carbonyl (C=O) groups excluding carboxylic acids is 1. The Morgan fingerprint density at radius 2 is 2.19 bits per heavy atom. The van der Waals surface area contributed by atoms with Crippen LogP contribution in [0.3, 0.4) is 0 Å². The average molecular weight is 293 g/mol. The number of carbonyl (C=O) groups is 2. The number of hydrogen-bond donors (Lipinski definition) is 2. The summed E-state index contributed by atoms with van der Waals surface area (Å²) in [5, 5.41) is 11.9. The lowest BCUT2D eigenvalue weighted by molar-refractivity contribution is -0.122. The van der Waals surface area contributed by atoms with E-state index >= 15 is 0 Å². The van der Waals surface area contributed by atoms with Gasteiger partial charge in [0.2, 0.25) is 5.91 Å². The molecule has 1 aliphatic rings. The van der Waals surface area contributed by atoms with Crippen molar-refractivity contribution in [3.63, 3.8) is 0 Å². The molecular weight excluding hydrogens is 274 g/mol. The number of ether oxygens (including phenoxy) is 2. The van der Waals surface area contributed by atoms with Crippen molar-refractivity contribution in [2.45, 2.75) is 18.4 Å². The van der Waals surface area contributed by atoms with Gasteiger partial charge in [0.05, 0.1) is 18.6 Å². The summed E-state index contributed by atoms with van der Waals surface area (Å²) in [7, 11) is 1.60. The summed E-state index contributed by atoms with van der Waals surface area (Å²) < 4.78 is 10.7. The number of carboxylic acid groups (broad SMARTS) is 1. The second kappa shape index (κ2) is 6.69. The van der Waals surface area contributed by atoms with Gasteiger partial charge in [-0.25, -0.2) is 4.79 Å². The molecule has 1 fully saturated rings. The summed E-state index contributed by atoms with van der Waals surface area (Å²) >= 11 is 0. The second-order valence-corrected chi connectivity index (χ2v) is 5.11. The molecule has 1 amide bonds. The summed E-state index contributed by atoms with van der Waals surface area (Å²) in [4.78, 5) is 23.1. The Labute approximate surface area is 123 Å². The Morgan fingerprint density at radius 3 is 2.81 bits per heavy atom. The Kier molecular flexibility index (Phi) is 4.93. The highest BCUT2D eigenvalue weighted by molar-refractivity contribution is 5.91. The molecule has 6 heteroatoms. The molecule has 1 saturated heterocycles. The number of amides is 1. The van der Waals surface area contributed by atoms with Crippen molar-refractivity contribution in [3.05, 3.63) is 35.4 Å². The second-order valence-electron chi connectivity index (χ2n) is 5.11. The molecule has 0 bridgehead atoms. The summed E-state index contributed by atoms with van der Waals surface area (Å²) in [6, 6.07) is 6.50. The lowest BCUT2D eigenvalue weighted by atomic mass is 10.0. The van der Waals surface area contributed by atoms with Crippen molar-refractivity contribution in [3.8, 4) is 0 Å². The predicted octanol–water partition coefficient (Wildman–Crippen LogP) is 0.849. The molecule has 1 aromatic carbocycles. The normalized spacial score (nSPS) is 21.2. The lowest BCUT2D eigenvalue weighted by Gasteiger charge is -2.25. The van der Waals surface area contributed by atoms with Gasteiger partial charge in [0.1, 0.15) is 5.60 Å². The molecular formula is C15H19NO5. The fraction of sp³-hybridized carbons (Fsp3) is 0.467. The molecule has 0 radical (unpaired) electrons. The van der Waals surface area contributed by atoms with Crippen molar-refractivity contribution >= 4 is 11.9 Å². The molecule has 6 nitrogen and oxygen atoms in total. The van der Waals surface area contributed by atoms with Gasteiger partial charge in [0.25, 0.3) is 0 Å². The minimum absolute atomic E-state index is 0.0309. The van der Waals surface area contributed by atoms with Gasteiger partial charge in [-0.1, -0.05) is 18.2 Å². The molecule has 21 heavy (non-hydrogen) atoms. The lowest BCUT2D eigenvalue weighted by Crippen LogP contribution is -2.45. The van der Waals surface area contributed by atoms with Crippen LogP contribution in [-0.4, -0.2) is 49.5 Å². The Morgan fingerprint density at radius 1 is 1.43 bits per heavy atom. The zero-order chi connectivity index (χ0) is 15.3. The van der Waals surface area contributed by atoms with Crippen LogP contribution < -0.4 is 5.32 Å². The van der Waals surface area contributed by atoms with Crippen molar-refractivity contribution < 1.29 is 24.2 Å². The Bertz CT molecular complexity index is 523. The smallest absolute Gasteiger partial charge is 0.335 e. The molecule has 1 aliphatic heterocycles. The minimum atomic E-state index is -1.03. The van der Waals surface area contributed by atoms with Crippen LogP contribution in [0.4, 0.5) is 0 Å². The SMILES string of the molecule is COC1(CNC(=O)Cc2ccccc2C(=O)O)CCOC1. The van der Waals surface area contributed by atoms with Gasteiger partial charge >= 0.3 is 5.97 Å². The third kappa shape index (κ3) is 3.80. The fourth-order valence-electron chi connectivity index (χ4n) is 2.34. The highest BCUT2D eigenvalue weighted by Gasteiger charge is 2.35. The van der Waals surface area contributed by atoms with E-state index in [1.807, 2.05) is 0 Å². The zero-order valence-corrected chi connectivity index (χ0v) is 11.9. The van der Waals surface area contributed by atoms with E-state index in [4.69, 9.17) is 14.6 Å². The molecule has 1 aromatic rings. The van der Waals surface area contributed by atoms with Crippen LogP contribution in [0, 0.1) is 0 Å². The maximum absolute atomic E-state index is 12.0. The maximum atomic E-state index is 12.0. The number of carboxylic acids is 1. The number of rotatable bonds is 6. The van der Waals surface area contributed by atoms with E-state index in [1.165, 1.54) is 6.07 Å². The van der Waals surface area contributed by atoms with Gasteiger partial charge < -0.3 is 19.9 Å². The topological polar surface area (TPSA) is 84.9 Å². The molecule has 1 unspecified atom stereocenters. The van der Waals surface area contributed by atoms with Crippen molar-refractivity contribution in [1.82, 2.24) is 5.32 Å². The van der Waals surface area contributed by atoms with Gasteiger partial charge in [-0.2, -0.15) is 0 Å². The predicted molar refractivity (Wildman–Crippen MR) is 75.3 cm³/mol. The molecule has 0 aliphatic carbocycles. The van der Waals surface area contributed by atoms with Crippen LogP contribution in [0.25, 0.3) is 0 Å². The van der Waals surface area contributed by atoms with Crippen LogP contribution in [0.2, 0.25) is 0 Å². The Balaban J connectivity index is 1.95. The summed E-state index contributed by atoms with van der Waals surface area (Å²) in [5.74, 6) is -1.26. The van der Waals surface area contributed by atoms with Crippen molar-refractivity contribution in [2.24, 2.45) is 0 Å². The largest absolute Gasteiger partial charge is 0.478 e. The summed E-state index contributed by atoms with van der Waals surface area (Å²) in [6.07, 6.45) is 0.763. The molecule has 0 spiro atoms. The number of nitrogens with one attached hydrogen (secondary N) is 1. The molecule has 0 aromatic heterocycles. The first-order valence-electron chi connectivity index (χ1n) is 6.77. The van der Waals surface area contributed by atoms with E-state index in [1.54, 1.807) is 25.3 Å². The first kappa shape index (κ1) is 15.5. The molecule has 1 heterocycles. The zero-order valence-electron chi connectivity index (χ0n) is 11.9. The first-order valence-corrected chi connectivity index (χ1v) is 6.77. The number of methoxy groups -OCH3 is 1. The highest BCUT2D eigenvalue weighted by Crippen LogP contribution is 2.21. The third-order valence-electron chi connectivity index (χ3n) is 3.71. The van der Waals surface area contributed by atoms with Crippen LogP contribution in [0.5, 0.6) is 0 Å². The number of aromatic carboxylic acids is 1. The number of benzene rings is 1. The molecule has 2 rings (SSSR count). The molecule has 2 N–H and O–H groups in total. The third-order valence-corrected chi connectivity index (χ3v) is 3.71. The van der Waals surface area contributed by atoms with E-state index in [0.29, 0.717) is 25.3 Å². The van der Waals surface area contributed by atoms with E-state index in [2.05, 4.69) is 5.32 Å². The van der Waals surface area contributed by atoms with Gasteiger partial charge in [-0.15, -0.1) is 0 Å². The van der Waals surface area contributed by atoms with Crippen LogP contribution in [0.15, 0.2) is 24.3 Å². The molecule has 0 saturated carbocycles. The van der Waals surface area contributed by atoms with E-state index in [0.717, 1.165) is 6.42 Å². The van der Waals surface area contributed by atoms with Crippen molar-refractivity contribution in [1.29, 1.82) is 0 Å². The van der Waals surface area contributed by atoms with Crippen LogP contribution in [0.1, 0.15) is 22.3 Å². The molecule has 114 valence electrons. The van der Waals surface area contributed by atoms with E-state index in [9.17, 15) is 9.59 Å². The fourth-order valence-corrected chi connectivity index (χ4v) is 2.34. The van der Waals surface area contributed by atoms with Crippen LogP contribution in [-0.2, 0) is 20.7 Å². The highest BCUT2D eigenvalue weighted by atomic mass is 16.5. The average Bonchev–Trinajstić information content (AvgIpc) is 2.95. The summed E-state index contributed by atoms with van der Waals surface area (Å²) in [5.41, 5.74) is 0.178. The first-order chi connectivity index (χ1) is 10.1. The van der Waals surface area contributed by atoms with Gasteiger partial charge in [0, 0.05) is 26.7 Å². The van der Waals surface area contributed by atoms with E-state index in [-0.39, 0.29) is 17.9 Å². The van der Waals surface area contributed by atoms with Gasteiger partial charge in [0.15, 0.2) is 0 Å². The van der Waals surface area contributed by atoms with Crippen molar-refractivity contribution in [2.75, 3.05) is 26.9 Å². The summed E-state index contributed by atoms with van der Waals surface area (Å²) in [6.45, 7) is 1.43. The minimum Gasteiger partial charge on any atom is -0.478 e. The monoisotopic (exact) mass is 293 g/mol. The van der Waals surface area contributed by atoms with E-state index < -0.39 is 11.6 Å². The number of hydrogen-bond acceptors (Lipinski definition) is 4. The maximum Gasteiger partial charge on any atom is 0.335 e.